The zero-order valence-corrected chi connectivity index (χ0v) is 49.9. The molecule has 6 fully saturated rings. The molecule has 2 unspecified atom stereocenters. The maximum Gasteiger partial charge on any atom is 0.407 e. The quantitative estimate of drug-likeness (QED) is 0.0789. The van der Waals surface area contributed by atoms with E-state index in [-0.39, 0.29) is 73.7 Å². The second-order valence-electron chi connectivity index (χ2n) is 25.8. The number of nitrogens with one attached hydrogen (secondary N) is 1. The van der Waals surface area contributed by atoms with Gasteiger partial charge in [-0.3, -0.25) is 4.79 Å². The molecule has 8 N–H and O–H groups in total. The molecule has 460 valence electrons. The number of nitrogens with two attached hydrogens (primary N) is 1. The van der Waals surface area contributed by atoms with Gasteiger partial charge in [-0.05, 0) is 96.1 Å². The van der Waals surface area contributed by atoms with E-state index < -0.39 is 157 Å². The van der Waals surface area contributed by atoms with Crippen molar-refractivity contribution in [1.82, 2.24) is 5.32 Å². The molecule has 0 aromatic heterocycles. The van der Waals surface area contributed by atoms with Crippen molar-refractivity contribution < 1.29 is 92.0 Å². The predicted molar refractivity (Wildman–Crippen MR) is 295 cm³/mol. The molecule has 0 radical (unpaired) electrons. The molecular formula is C61H92N2O19. The van der Waals surface area contributed by atoms with E-state index in [4.69, 9.17) is 57.8 Å². The third-order valence-corrected chi connectivity index (χ3v) is 19.9. The van der Waals surface area contributed by atoms with E-state index >= 15 is 4.79 Å². The van der Waals surface area contributed by atoms with Gasteiger partial charge in [0.2, 0.25) is 5.78 Å². The average molecular weight is 1160 g/mol. The monoisotopic (exact) mass is 1160 g/mol. The molecule has 9 rings (SSSR count). The Labute approximate surface area is 482 Å². The third kappa shape index (κ3) is 11.8. The number of ketones is 1. The predicted octanol–water partition coefficient (Wildman–Crippen LogP) is 5.25. The van der Waals surface area contributed by atoms with Crippen molar-refractivity contribution in [2.45, 2.75) is 237 Å². The van der Waals surface area contributed by atoms with Crippen LogP contribution >= 0.6 is 0 Å². The topological polar surface area (TPSA) is 292 Å². The van der Waals surface area contributed by atoms with Gasteiger partial charge in [-0.1, -0.05) is 63.6 Å². The van der Waals surface area contributed by atoms with Crippen LogP contribution in [0.3, 0.4) is 0 Å². The van der Waals surface area contributed by atoms with Crippen LogP contribution in [0, 0.1) is 46.8 Å². The van der Waals surface area contributed by atoms with Gasteiger partial charge in [-0.15, -0.1) is 0 Å². The number of esters is 1. The Morgan fingerprint density at radius 1 is 0.744 bits per heavy atom. The van der Waals surface area contributed by atoms with Crippen LogP contribution in [0.25, 0.3) is 0 Å². The van der Waals surface area contributed by atoms with Crippen LogP contribution in [-0.2, 0) is 61.7 Å². The number of hydrogen-bond acceptors (Lipinski definition) is 20. The summed E-state index contributed by atoms with van der Waals surface area (Å²) in [5.41, 5.74) is 4.75. The van der Waals surface area contributed by atoms with Crippen molar-refractivity contribution >= 4 is 17.8 Å². The van der Waals surface area contributed by atoms with Crippen molar-refractivity contribution in [2.24, 2.45) is 52.6 Å². The van der Waals surface area contributed by atoms with Gasteiger partial charge in [0.15, 0.2) is 30.8 Å². The minimum absolute atomic E-state index is 0.0320. The molecule has 1 saturated carbocycles. The number of alkyl carbamates (subject to hydrolysis) is 1. The molecule has 5 aliphatic heterocycles. The number of Topliss-reactive ketones (excluding diaryl/α,β-unsaturated/α-hetero) is 1. The summed E-state index contributed by atoms with van der Waals surface area (Å²) >= 11 is 0. The van der Waals surface area contributed by atoms with Gasteiger partial charge in [0.25, 0.3) is 0 Å². The summed E-state index contributed by atoms with van der Waals surface area (Å²) in [6.45, 7) is 20.6. The number of fused-ring (bicyclic) bond motifs is 4. The summed E-state index contributed by atoms with van der Waals surface area (Å²) in [4.78, 5) is 42.6. The van der Waals surface area contributed by atoms with Crippen LogP contribution in [0.1, 0.15) is 121 Å². The molecule has 82 heavy (non-hydrogen) atoms. The van der Waals surface area contributed by atoms with Crippen LogP contribution in [0.2, 0.25) is 0 Å². The molecule has 2 bridgehead atoms. The zero-order chi connectivity index (χ0) is 59.7. The van der Waals surface area contributed by atoms with E-state index in [2.05, 4.69) is 37.4 Å². The normalized spacial score (nSPS) is 48.8. The fourth-order valence-corrected chi connectivity index (χ4v) is 15.7. The Hall–Kier alpha value is -3.65. The number of ether oxygens (including phenoxy) is 11. The molecule has 21 heteroatoms. The van der Waals surface area contributed by atoms with Crippen LogP contribution in [0.15, 0.2) is 58.4 Å². The van der Waals surface area contributed by atoms with Gasteiger partial charge in [0.1, 0.15) is 29.6 Å². The molecule has 9 aliphatic rings. The van der Waals surface area contributed by atoms with Crippen LogP contribution in [0.4, 0.5) is 4.79 Å². The molecule has 4 aliphatic carbocycles. The number of carbonyl (C=O) groups excluding carboxylic acids is 3. The third-order valence-electron chi connectivity index (χ3n) is 19.9. The first kappa shape index (κ1) is 62.9. The van der Waals surface area contributed by atoms with Crippen LogP contribution in [-0.4, -0.2) is 180 Å². The Morgan fingerprint density at radius 3 is 2.00 bits per heavy atom. The second kappa shape index (κ2) is 24.6. The molecule has 21 nitrogen and oxygen atoms in total. The van der Waals surface area contributed by atoms with Gasteiger partial charge < -0.3 is 88.7 Å². The van der Waals surface area contributed by atoms with E-state index in [0.29, 0.717) is 24.0 Å². The van der Waals surface area contributed by atoms with Crippen LogP contribution < -0.4 is 11.1 Å². The van der Waals surface area contributed by atoms with Gasteiger partial charge in [0, 0.05) is 67.9 Å². The molecule has 0 aromatic rings. The first-order valence-electron chi connectivity index (χ1n) is 29.7. The van der Waals surface area contributed by atoms with Crippen LogP contribution in [0.5, 0.6) is 0 Å². The molecule has 1 spiro atoms. The second-order valence-corrected chi connectivity index (χ2v) is 25.8. The lowest BCUT2D eigenvalue weighted by Gasteiger charge is -2.56. The smallest absolute Gasteiger partial charge is 0.407 e. The molecule has 5 heterocycles. The number of rotatable bonds is 11. The summed E-state index contributed by atoms with van der Waals surface area (Å²) in [7, 11) is 2.79. The van der Waals surface area contributed by atoms with E-state index in [1.807, 2.05) is 47.6 Å². The SMILES string of the molecule is COC(=O)N[C@@H]1[C@H](C)O[C@@H](OC2C/C=C(\C)[C@H]3C=C[C@H]4[C@H](O[C@@H]5C[C@@H](O[C@@H]6C[C@@H](O)[C@@H](O[C@@H]7C[C@@H](O)[C@@H](OC)[C@H](C)O7)[C@H](C)O6)[C@@H](O)[C@H](C)O5)[C@H](C)C[C@@H](C)[C@@H]4[C@@]3(C)C(O)=C3C(=O)OC4(C[C@H](C)C(CO)=C[C@H]4C=C2C)C3=O)C[C@@]1(C)N. The molecule has 5 saturated heterocycles. The molecule has 27 atom stereocenters. The molecule has 1 amide bonds. The van der Waals surface area contributed by atoms with Crippen molar-refractivity contribution in [1.29, 1.82) is 0 Å². The minimum atomic E-state index is -1.75. The van der Waals surface area contributed by atoms with Gasteiger partial charge in [-0.2, -0.15) is 0 Å². The maximum absolute atomic E-state index is 15.6. The van der Waals surface area contributed by atoms with Gasteiger partial charge >= 0.3 is 12.1 Å². The zero-order valence-electron chi connectivity index (χ0n) is 49.9. The number of aliphatic hydroxyl groups is 5. The summed E-state index contributed by atoms with van der Waals surface area (Å²) in [5, 5.41) is 60.3. The van der Waals surface area contributed by atoms with E-state index in [1.54, 1.807) is 26.8 Å². The highest BCUT2D eigenvalue weighted by Crippen LogP contribution is 2.61. The Balaban J connectivity index is 1.00. The largest absolute Gasteiger partial charge is 0.511 e. The van der Waals surface area contributed by atoms with E-state index in [9.17, 15) is 35.1 Å². The summed E-state index contributed by atoms with van der Waals surface area (Å²) in [6.07, 6.45) is -1.16. The number of methoxy groups -OCH3 is 2. The minimum Gasteiger partial charge on any atom is -0.511 e. The summed E-state index contributed by atoms with van der Waals surface area (Å²) < 4.78 is 68.4. The van der Waals surface area contributed by atoms with Crippen molar-refractivity contribution in [3.05, 3.63) is 58.4 Å². The van der Waals surface area contributed by atoms with Gasteiger partial charge in [0.05, 0.1) is 74.7 Å². The van der Waals surface area contributed by atoms with Crippen molar-refractivity contribution in [3.8, 4) is 0 Å². The van der Waals surface area contributed by atoms with E-state index in [0.717, 1.165) is 5.57 Å². The number of amides is 1. The fraction of sp³-hybridized carbons (Fsp3) is 0.787. The van der Waals surface area contributed by atoms with E-state index in [1.165, 1.54) is 14.2 Å². The Morgan fingerprint density at radius 2 is 1.37 bits per heavy atom. The first-order valence-corrected chi connectivity index (χ1v) is 29.7. The fourth-order valence-electron chi connectivity index (χ4n) is 15.7. The Kier molecular flexibility index (Phi) is 18.9. The molecule has 0 aromatic carbocycles. The maximum atomic E-state index is 15.6. The number of aliphatic hydroxyl groups excluding tert-OH is 5. The average Bonchev–Trinajstić information content (AvgIpc) is 3.56. The number of allylic oxidation sites excluding steroid dienone is 3. The standard InChI is InChI=1S/C61H92N2O19/c1-27-14-17-42(78-47-25-59(10,62)54(35(9)77-47)63-58(71)73-13)28(2)19-37-20-36(26-64)31(5)24-61(37)56(69)48(57(70)82-61)55(68)60(11)39(27)16-15-38-49(60)29(3)18-30(4)51(38)80-46-23-43(50(67)32(6)74-46)79-44-22-41(66)53(34(8)76-44)81-45-21-40(65)52(72-12)33(7)75-45/h14-16,19-20,29-35,37-47,49-54,64-68H,17-18,21-26,62H2,1-13H3,(H,63,71)/b27-14+,28-19?,55-48?/t29-,30-,31+,32+,33+,34+,35+,37-,38-,39-,40-,41-,42?,43-,44-,45-,46-,47+,49+,50+,51-,52+,53+,54-,59-,60+,61?/m1/s1. The van der Waals surface area contributed by atoms with Gasteiger partial charge in [-0.25, -0.2) is 9.59 Å². The lowest BCUT2D eigenvalue weighted by atomic mass is 9.49. The highest BCUT2D eigenvalue weighted by Gasteiger charge is 2.64. The van der Waals surface area contributed by atoms with Crippen molar-refractivity contribution in [3.63, 3.8) is 0 Å². The van der Waals surface area contributed by atoms with Crippen molar-refractivity contribution in [2.75, 3.05) is 20.8 Å². The number of carbonyl (C=O) groups is 3. The highest BCUT2D eigenvalue weighted by molar-refractivity contribution is 6.26. The summed E-state index contributed by atoms with van der Waals surface area (Å²) in [5.74, 6) is -4.54. The summed E-state index contributed by atoms with van der Waals surface area (Å²) in [6, 6.07) is -0.595. The molecular weight excluding hydrogens is 1060 g/mol. The highest BCUT2D eigenvalue weighted by atomic mass is 16.7. The first-order chi connectivity index (χ1) is 38.6. The Bertz CT molecular complexity index is 2490. The number of hydrogen-bond donors (Lipinski definition) is 7. The lowest BCUT2D eigenvalue weighted by molar-refractivity contribution is -0.335. The lowest BCUT2D eigenvalue weighted by Crippen LogP contribution is -2.66.